The lowest BCUT2D eigenvalue weighted by molar-refractivity contribution is -0.137. The maximum absolute atomic E-state index is 13.9. The smallest absolute Gasteiger partial charge is 0.302 e. The number of phenols is 1. The quantitative estimate of drug-likeness (QED) is 0.335. The van der Waals surface area contributed by atoms with E-state index in [4.69, 9.17) is 14.6 Å². The van der Waals surface area contributed by atoms with E-state index >= 15 is 0 Å². The first-order chi connectivity index (χ1) is 20.3. The molecule has 1 aliphatic carbocycles. The molecule has 0 saturated carbocycles. The minimum Gasteiger partial charge on any atom is -0.508 e. The molecule has 1 N–H and O–H groups in total. The summed E-state index contributed by atoms with van der Waals surface area (Å²) in [4.78, 5) is 12.0. The molecule has 2 aliphatic heterocycles. The highest BCUT2D eigenvalue weighted by atomic mass is 19.1. The number of piperidine rings is 1. The number of phenolic OH excluding ortho intramolecular Hbond substituents is 1. The Morgan fingerprint density at radius 2 is 1.76 bits per heavy atom. The van der Waals surface area contributed by atoms with Gasteiger partial charge in [0.05, 0.1) is 19.3 Å². The van der Waals surface area contributed by atoms with E-state index < -0.39 is 0 Å². The zero-order valence-electron chi connectivity index (χ0n) is 24.6. The molecule has 8 heteroatoms. The first kappa shape index (κ1) is 30.9. The number of ether oxygens (including phenoxy) is 3. The van der Waals surface area contributed by atoms with E-state index in [1.807, 2.05) is 24.3 Å². The van der Waals surface area contributed by atoms with Gasteiger partial charge in [0.1, 0.15) is 34.9 Å². The molecule has 1 fully saturated rings. The Morgan fingerprint density at radius 3 is 2.48 bits per heavy atom. The lowest BCUT2D eigenvalue weighted by Gasteiger charge is -2.26. The lowest BCUT2D eigenvalue weighted by atomic mass is 10.0. The molecule has 1 atom stereocenters. The molecular weight excluding hydrogens is 535 g/mol. The number of nitrogens with zero attached hydrogens (tertiary/aromatic N) is 2. The fraction of sp³-hybridized carbons (Fsp3) is 0.412. The van der Waals surface area contributed by atoms with Crippen LogP contribution in [0.3, 0.4) is 0 Å². The molecule has 1 saturated heterocycles. The highest BCUT2D eigenvalue weighted by Gasteiger charge is 2.21. The average Bonchev–Trinajstić information content (AvgIpc) is 3.64. The van der Waals surface area contributed by atoms with Gasteiger partial charge in [0.25, 0.3) is 0 Å². The number of hydrogen-bond acceptors (Lipinski definition) is 7. The van der Waals surface area contributed by atoms with E-state index in [1.54, 1.807) is 18.2 Å². The molecule has 3 aromatic rings. The molecule has 0 radical (unpaired) electrons. The van der Waals surface area contributed by atoms with Crippen molar-refractivity contribution >= 4 is 5.97 Å². The third-order valence-electron chi connectivity index (χ3n) is 7.73. The van der Waals surface area contributed by atoms with Gasteiger partial charge in [0, 0.05) is 36.6 Å². The Labute approximate surface area is 247 Å². The zero-order chi connectivity index (χ0) is 30.1. The maximum atomic E-state index is 13.9. The number of aromatic hydroxyl groups is 1. The largest absolute Gasteiger partial charge is 0.508 e. The van der Waals surface area contributed by atoms with Crippen molar-refractivity contribution in [3.63, 3.8) is 0 Å². The Bertz CT molecular complexity index is 1430. The minimum absolute atomic E-state index is 0.151. The van der Waals surface area contributed by atoms with Crippen LogP contribution in [-0.4, -0.2) is 42.8 Å². The molecule has 0 bridgehead atoms. The van der Waals surface area contributed by atoms with E-state index in [0.29, 0.717) is 23.0 Å². The molecule has 0 aromatic heterocycles. The summed E-state index contributed by atoms with van der Waals surface area (Å²) in [6.45, 7) is 7.34. The van der Waals surface area contributed by atoms with Crippen molar-refractivity contribution < 1.29 is 28.5 Å². The standard InChI is InChI=1S/C22H23FN2O.C9H10O2.C3H6O2/c23-20-8-10-22(19-6-4-5-18(19)20)26-21-9-7-16(13-17(21)14-24)15-25-11-2-1-3-12-25;1-6-5-11-9-4-7(10)2-3-8(6)9;1-3(4)5-2/h7-10,13H,1-6,11-12,15H2;2-4,6,10H,5H2,1H3;1-2H3. The van der Waals surface area contributed by atoms with Crippen LogP contribution in [-0.2, 0) is 28.9 Å². The van der Waals surface area contributed by atoms with Crippen molar-refractivity contribution in [1.29, 1.82) is 5.26 Å². The predicted molar refractivity (Wildman–Crippen MR) is 158 cm³/mol. The number of methoxy groups -OCH3 is 1. The monoisotopic (exact) mass is 574 g/mol. The molecule has 2 heterocycles. The van der Waals surface area contributed by atoms with Crippen LogP contribution in [0.5, 0.6) is 23.0 Å². The second kappa shape index (κ2) is 14.7. The van der Waals surface area contributed by atoms with E-state index in [9.17, 15) is 14.4 Å². The Balaban J connectivity index is 0.000000208. The van der Waals surface area contributed by atoms with Crippen LogP contribution < -0.4 is 9.47 Å². The summed E-state index contributed by atoms with van der Waals surface area (Å²) in [5, 5.41) is 18.7. The van der Waals surface area contributed by atoms with Gasteiger partial charge in [0.15, 0.2) is 0 Å². The van der Waals surface area contributed by atoms with Gasteiger partial charge in [-0.15, -0.1) is 0 Å². The summed E-state index contributed by atoms with van der Waals surface area (Å²) in [5.74, 6) is 2.41. The van der Waals surface area contributed by atoms with Crippen LogP contribution in [0.1, 0.15) is 73.3 Å². The highest BCUT2D eigenvalue weighted by Crippen LogP contribution is 2.37. The number of esters is 1. The van der Waals surface area contributed by atoms with E-state index in [1.165, 1.54) is 44.9 Å². The van der Waals surface area contributed by atoms with Gasteiger partial charge >= 0.3 is 5.97 Å². The molecule has 6 rings (SSSR count). The number of fused-ring (bicyclic) bond motifs is 2. The van der Waals surface area contributed by atoms with Gasteiger partial charge in [-0.2, -0.15) is 5.26 Å². The normalized spacial score (nSPS) is 16.8. The van der Waals surface area contributed by atoms with Gasteiger partial charge in [-0.05, 0) is 86.7 Å². The van der Waals surface area contributed by atoms with Crippen LogP contribution in [0, 0.1) is 17.1 Å². The zero-order valence-corrected chi connectivity index (χ0v) is 24.6. The number of benzene rings is 3. The number of carbonyl (C=O) groups excluding carboxylic acids is 1. The van der Waals surface area contributed by atoms with Crippen molar-refractivity contribution in [2.45, 2.75) is 64.8 Å². The molecule has 7 nitrogen and oxygen atoms in total. The van der Waals surface area contributed by atoms with Crippen LogP contribution in [0.2, 0.25) is 0 Å². The topological polar surface area (TPSA) is 92.0 Å². The SMILES string of the molecule is CC1COc2cc(O)ccc21.COC(C)=O.N#Cc1cc(CN2CCCCC2)ccc1Oc1ccc(F)c2c1CCC2. The molecule has 3 aromatic carbocycles. The van der Waals surface area contributed by atoms with Crippen molar-refractivity contribution in [1.82, 2.24) is 4.90 Å². The van der Waals surface area contributed by atoms with Crippen LogP contribution in [0.15, 0.2) is 48.5 Å². The van der Waals surface area contributed by atoms with Crippen molar-refractivity contribution in [3.05, 3.63) is 82.2 Å². The number of nitriles is 1. The second-order valence-electron chi connectivity index (χ2n) is 10.9. The van der Waals surface area contributed by atoms with Gasteiger partial charge < -0.3 is 19.3 Å². The van der Waals surface area contributed by atoms with E-state index in [2.05, 4.69) is 22.6 Å². The predicted octanol–water partition coefficient (Wildman–Crippen LogP) is 7.03. The molecule has 0 amide bonds. The average molecular weight is 575 g/mol. The first-order valence-corrected chi connectivity index (χ1v) is 14.5. The number of hydrogen-bond donors (Lipinski definition) is 1. The van der Waals surface area contributed by atoms with Gasteiger partial charge in [-0.1, -0.05) is 25.5 Å². The second-order valence-corrected chi connectivity index (χ2v) is 10.9. The summed E-state index contributed by atoms with van der Waals surface area (Å²) < 4.78 is 29.4. The summed E-state index contributed by atoms with van der Waals surface area (Å²) >= 11 is 0. The highest BCUT2D eigenvalue weighted by molar-refractivity contribution is 5.65. The summed E-state index contributed by atoms with van der Waals surface area (Å²) in [6.07, 6.45) is 6.36. The molecule has 0 spiro atoms. The van der Waals surface area contributed by atoms with Gasteiger partial charge in [0.2, 0.25) is 0 Å². The fourth-order valence-corrected chi connectivity index (χ4v) is 5.43. The number of halogens is 1. The number of likely N-dealkylation sites (tertiary alicyclic amines) is 1. The Kier molecular flexibility index (Phi) is 10.8. The third-order valence-corrected chi connectivity index (χ3v) is 7.73. The van der Waals surface area contributed by atoms with Crippen LogP contribution in [0.25, 0.3) is 0 Å². The molecular formula is C34H39FN2O5. The van der Waals surface area contributed by atoms with Crippen molar-refractivity contribution in [2.24, 2.45) is 0 Å². The van der Waals surface area contributed by atoms with E-state index in [0.717, 1.165) is 67.9 Å². The molecule has 1 unspecified atom stereocenters. The maximum Gasteiger partial charge on any atom is 0.302 e. The van der Waals surface area contributed by atoms with Crippen molar-refractivity contribution in [3.8, 4) is 29.1 Å². The summed E-state index contributed by atoms with van der Waals surface area (Å²) in [6, 6.07) is 16.5. The van der Waals surface area contributed by atoms with Crippen LogP contribution >= 0.6 is 0 Å². The van der Waals surface area contributed by atoms with E-state index in [-0.39, 0.29) is 17.5 Å². The Hall–Kier alpha value is -4.09. The lowest BCUT2D eigenvalue weighted by Crippen LogP contribution is -2.29. The van der Waals surface area contributed by atoms with Gasteiger partial charge in [-0.3, -0.25) is 9.69 Å². The number of carbonyl (C=O) groups is 1. The summed E-state index contributed by atoms with van der Waals surface area (Å²) in [7, 11) is 1.35. The number of rotatable bonds is 4. The minimum atomic E-state index is -0.245. The first-order valence-electron chi connectivity index (χ1n) is 14.5. The molecule has 222 valence electrons. The Morgan fingerprint density at radius 1 is 1.05 bits per heavy atom. The van der Waals surface area contributed by atoms with Gasteiger partial charge in [-0.25, -0.2) is 4.39 Å². The third kappa shape index (κ3) is 8.01. The summed E-state index contributed by atoms with van der Waals surface area (Å²) in [5.41, 5.74) is 4.59. The van der Waals surface area contributed by atoms with Crippen molar-refractivity contribution in [2.75, 3.05) is 26.8 Å². The molecule has 3 aliphatic rings. The fourth-order valence-electron chi connectivity index (χ4n) is 5.43. The molecule has 42 heavy (non-hydrogen) atoms. The van der Waals surface area contributed by atoms with Crippen LogP contribution in [0.4, 0.5) is 4.39 Å².